The average Bonchev–Trinajstić information content (AvgIpc) is 2.58. The van der Waals surface area contributed by atoms with Gasteiger partial charge in [-0.15, -0.1) is 0 Å². The second-order valence-corrected chi connectivity index (χ2v) is 5.76. The molecule has 0 aliphatic rings. The van der Waals surface area contributed by atoms with Crippen molar-refractivity contribution in [1.29, 1.82) is 0 Å². The van der Waals surface area contributed by atoms with Crippen molar-refractivity contribution in [2.24, 2.45) is 0 Å². The quantitative estimate of drug-likeness (QED) is 0.877. The SMILES string of the molecule is CC(C)(C)OC(=O)Nc1cnc2ccc(Br)cn12. The highest BCUT2D eigenvalue weighted by Gasteiger charge is 2.17. The van der Waals surface area contributed by atoms with E-state index in [9.17, 15) is 4.79 Å². The van der Waals surface area contributed by atoms with Crippen LogP contribution in [-0.2, 0) is 4.74 Å². The van der Waals surface area contributed by atoms with Crippen molar-refractivity contribution < 1.29 is 9.53 Å². The minimum absolute atomic E-state index is 0.496. The van der Waals surface area contributed by atoms with Gasteiger partial charge in [-0.05, 0) is 48.8 Å². The molecule has 0 bridgehead atoms. The number of fused-ring (bicyclic) bond motifs is 1. The average molecular weight is 312 g/mol. The minimum Gasteiger partial charge on any atom is -0.444 e. The number of halogens is 1. The molecule has 0 saturated heterocycles. The van der Waals surface area contributed by atoms with E-state index in [1.165, 1.54) is 0 Å². The Bertz CT molecular complexity index is 587. The van der Waals surface area contributed by atoms with Crippen LogP contribution in [0.1, 0.15) is 20.8 Å². The third kappa shape index (κ3) is 3.01. The van der Waals surface area contributed by atoms with Crippen LogP contribution >= 0.6 is 15.9 Å². The Balaban J connectivity index is 2.22. The molecule has 1 N–H and O–H groups in total. The van der Waals surface area contributed by atoms with Crippen LogP contribution in [0.5, 0.6) is 0 Å². The molecule has 0 aliphatic carbocycles. The van der Waals surface area contributed by atoms with Gasteiger partial charge in [0.2, 0.25) is 0 Å². The first kappa shape index (κ1) is 12.9. The molecule has 1 amide bonds. The Morgan fingerprint density at radius 2 is 2.17 bits per heavy atom. The molecule has 2 aromatic heterocycles. The molecule has 0 radical (unpaired) electrons. The van der Waals surface area contributed by atoms with Gasteiger partial charge in [0.25, 0.3) is 0 Å². The number of rotatable bonds is 1. The fourth-order valence-corrected chi connectivity index (χ4v) is 1.79. The van der Waals surface area contributed by atoms with Crippen molar-refractivity contribution >= 4 is 33.5 Å². The van der Waals surface area contributed by atoms with Crippen molar-refractivity contribution in [2.45, 2.75) is 26.4 Å². The van der Waals surface area contributed by atoms with Crippen LogP contribution in [0.2, 0.25) is 0 Å². The third-order valence-corrected chi connectivity index (χ3v) is 2.57. The van der Waals surface area contributed by atoms with E-state index in [4.69, 9.17) is 4.74 Å². The summed E-state index contributed by atoms with van der Waals surface area (Å²) in [6.45, 7) is 5.45. The molecular weight excluding hydrogens is 298 g/mol. The van der Waals surface area contributed by atoms with Gasteiger partial charge >= 0.3 is 6.09 Å². The van der Waals surface area contributed by atoms with Gasteiger partial charge in [-0.3, -0.25) is 9.72 Å². The molecule has 6 heteroatoms. The molecule has 0 unspecified atom stereocenters. The Morgan fingerprint density at radius 1 is 1.44 bits per heavy atom. The maximum atomic E-state index is 11.7. The van der Waals surface area contributed by atoms with Gasteiger partial charge < -0.3 is 4.74 Å². The minimum atomic E-state index is -0.523. The number of hydrogen-bond donors (Lipinski definition) is 1. The van der Waals surface area contributed by atoms with Gasteiger partial charge in [-0.2, -0.15) is 0 Å². The summed E-state index contributed by atoms with van der Waals surface area (Å²) >= 11 is 3.37. The second-order valence-electron chi connectivity index (χ2n) is 4.85. The fraction of sp³-hybridized carbons (Fsp3) is 0.333. The topological polar surface area (TPSA) is 55.6 Å². The predicted octanol–water partition coefficient (Wildman–Crippen LogP) is 3.44. The molecular formula is C12H14BrN3O2. The second kappa shape index (κ2) is 4.61. The largest absolute Gasteiger partial charge is 0.444 e. The van der Waals surface area contributed by atoms with Gasteiger partial charge in [-0.1, -0.05) is 0 Å². The molecule has 0 spiro atoms. The molecule has 0 aliphatic heterocycles. The molecule has 2 rings (SSSR count). The number of aromatic nitrogens is 2. The van der Waals surface area contributed by atoms with Gasteiger partial charge in [-0.25, -0.2) is 9.78 Å². The van der Waals surface area contributed by atoms with E-state index >= 15 is 0 Å². The zero-order valence-electron chi connectivity index (χ0n) is 10.4. The van der Waals surface area contributed by atoms with E-state index in [2.05, 4.69) is 26.2 Å². The number of hydrogen-bond acceptors (Lipinski definition) is 3. The number of anilines is 1. The molecule has 5 nitrogen and oxygen atoms in total. The van der Waals surface area contributed by atoms with Crippen molar-refractivity contribution in [3.63, 3.8) is 0 Å². The smallest absolute Gasteiger partial charge is 0.413 e. The molecule has 2 aromatic rings. The number of nitrogens with zero attached hydrogens (tertiary/aromatic N) is 2. The van der Waals surface area contributed by atoms with Crippen LogP contribution in [0.4, 0.5) is 10.6 Å². The van der Waals surface area contributed by atoms with Crippen LogP contribution in [0.3, 0.4) is 0 Å². The summed E-state index contributed by atoms with van der Waals surface area (Å²) in [7, 11) is 0. The normalized spacial score (nSPS) is 11.6. The molecule has 0 atom stereocenters. The Kier molecular flexibility index (Phi) is 3.30. The van der Waals surface area contributed by atoms with Crippen LogP contribution in [0, 0.1) is 0 Å². The van der Waals surface area contributed by atoms with Crippen LogP contribution < -0.4 is 5.32 Å². The highest BCUT2D eigenvalue weighted by molar-refractivity contribution is 9.10. The predicted molar refractivity (Wildman–Crippen MR) is 72.7 cm³/mol. The lowest BCUT2D eigenvalue weighted by Crippen LogP contribution is -2.27. The zero-order valence-corrected chi connectivity index (χ0v) is 12.0. The van der Waals surface area contributed by atoms with E-state index in [1.807, 2.05) is 39.1 Å². The standard InChI is InChI=1S/C12H14BrN3O2/c1-12(2,3)18-11(17)15-10-6-14-9-5-4-8(13)7-16(9)10/h4-7H,1-3H3,(H,15,17). The van der Waals surface area contributed by atoms with E-state index < -0.39 is 11.7 Å². The van der Waals surface area contributed by atoms with E-state index in [-0.39, 0.29) is 0 Å². The first-order valence-corrected chi connectivity index (χ1v) is 6.27. The van der Waals surface area contributed by atoms with Gasteiger partial charge in [0, 0.05) is 10.7 Å². The van der Waals surface area contributed by atoms with Crippen LogP contribution in [-0.4, -0.2) is 21.1 Å². The molecule has 0 saturated carbocycles. The summed E-state index contributed by atoms with van der Waals surface area (Å²) in [5, 5.41) is 2.67. The number of amides is 1. The van der Waals surface area contributed by atoms with E-state index in [0.717, 1.165) is 10.1 Å². The number of ether oxygens (including phenoxy) is 1. The van der Waals surface area contributed by atoms with Gasteiger partial charge in [0.1, 0.15) is 17.1 Å². The van der Waals surface area contributed by atoms with Crippen LogP contribution in [0.25, 0.3) is 5.65 Å². The number of carbonyl (C=O) groups is 1. The molecule has 0 aromatic carbocycles. The Morgan fingerprint density at radius 3 is 2.83 bits per heavy atom. The highest BCUT2D eigenvalue weighted by atomic mass is 79.9. The van der Waals surface area contributed by atoms with Crippen molar-refractivity contribution in [2.75, 3.05) is 5.32 Å². The van der Waals surface area contributed by atoms with Crippen molar-refractivity contribution in [3.05, 3.63) is 29.0 Å². The zero-order chi connectivity index (χ0) is 13.3. The van der Waals surface area contributed by atoms with Crippen molar-refractivity contribution in [1.82, 2.24) is 9.38 Å². The molecule has 0 fully saturated rings. The number of nitrogens with one attached hydrogen (secondary N) is 1. The van der Waals surface area contributed by atoms with E-state index in [0.29, 0.717) is 5.82 Å². The maximum Gasteiger partial charge on any atom is 0.413 e. The summed E-state index contributed by atoms with van der Waals surface area (Å²) in [5.74, 6) is 0.570. The van der Waals surface area contributed by atoms with Crippen LogP contribution in [0.15, 0.2) is 29.0 Å². The number of carbonyl (C=O) groups excluding carboxylic acids is 1. The number of imidazole rings is 1. The summed E-state index contributed by atoms with van der Waals surface area (Å²) < 4.78 is 7.86. The monoisotopic (exact) mass is 311 g/mol. The van der Waals surface area contributed by atoms with Gasteiger partial charge in [0.05, 0.1) is 6.20 Å². The lowest BCUT2D eigenvalue weighted by atomic mass is 10.2. The van der Waals surface area contributed by atoms with Crippen molar-refractivity contribution in [3.8, 4) is 0 Å². The Labute approximate surface area is 113 Å². The molecule has 96 valence electrons. The first-order valence-electron chi connectivity index (χ1n) is 5.48. The van der Waals surface area contributed by atoms with E-state index in [1.54, 1.807) is 10.6 Å². The fourth-order valence-electron chi connectivity index (χ4n) is 1.46. The summed E-state index contributed by atoms with van der Waals surface area (Å²) in [6.07, 6.45) is 2.92. The van der Waals surface area contributed by atoms with Gasteiger partial charge in [0.15, 0.2) is 0 Å². The lowest BCUT2D eigenvalue weighted by molar-refractivity contribution is 0.0635. The third-order valence-electron chi connectivity index (χ3n) is 2.10. The molecule has 2 heterocycles. The number of pyridine rings is 1. The first-order chi connectivity index (χ1) is 8.35. The summed E-state index contributed by atoms with van der Waals surface area (Å²) in [5.41, 5.74) is 0.231. The highest BCUT2D eigenvalue weighted by Crippen LogP contribution is 2.17. The lowest BCUT2D eigenvalue weighted by Gasteiger charge is -2.19. The maximum absolute atomic E-state index is 11.7. The summed E-state index contributed by atoms with van der Waals surface area (Å²) in [6, 6.07) is 3.74. The Hall–Kier alpha value is -1.56. The summed E-state index contributed by atoms with van der Waals surface area (Å²) in [4.78, 5) is 15.8. The molecule has 18 heavy (non-hydrogen) atoms.